The minimum atomic E-state index is -0.0971. The number of aromatic hydroxyl groups is 1. The van der Waals surface area contributed by atoms with Crippen LogP contribution in [0.2, 0.25) is 0 Å². The fraction of sp³-hybridized carbons (Fsp3) is 0.545. The zero-order valence-corrected chi connectivity index (χ0v) is 18.1. The molecule has 0 fully saturated rings. The summed E-state index contributed by atoms with van der Waals surface area (Å²) in [6.45, 7) is 4.99. The van der Waals surface area contributed by atoms with E-state index in [2.05, 4.69) is 47.3 Å². The number of hydrogen-bond acceptors (Lipinski definition) is 7. The first kappa shape index (κ1) is 22.9. The lowest BCUT2D eigenvalue weighted by molar-refractivity contribution is 0.268. The summed E-state index contributed by atoms with van der Waals surface area (Å²) in [6.07, 6.45) is 4.24. The summed E-state index contributed by atoms with van der Waals surface area (Å²) in [7, 11) is 4.12. The molecule has 0 amide bonds. The molecule has 1 atom stereocenters. The van der Waals surface area contributed by atoms with Crippen LogP contribution in [0.1, 0.15) is 48.6 Å². The lowest BCUT2D eigenvalue weighted by atomic mass is 9.99. The Labute approximate surface area is 174 Å². The second-order valence-corrected chi connectivity index (χ2v) is 7.85. The van der Waals surface area contributed by atoms with Gasteiger partial charge in [-0.1, -0.05) is 25.5 Å². The van der Waals surface area contributed by atoms with Gasteiger partial charge in [-0.25, -0.2) is 4.98 Å². The molecule has 7 nitrogen and oxygen atoms in total. The minimum Gasteiger partial charge on any atom is -0.508 e. The molecule has 0 unspecified atom stereocenters. The first-order valence-electron chi connectivity index (χ1n) is 10.3. The van der Waals surface area contributed by atoms with Crippen LogP contribution in [0.15, 0.2) is 18.2 Å². The largest absolute Gasteiger partial charge is 0.508 e. The Morgan fingerprint density at radius 1 is 1.24 bits per heavy atom. The van der Waals surface area contributed by atoms with Crippen molar-refractivity contribution in [3.8, 4) is 5.75 Å². The lowest BCUT2D eigenvalue weighted by Gasteiger charge is -2.20. The summed E-state index contributed by atoms with van der Waals surface area (Å²) in [6, 6.07) is 5.79. The van der Waals surface area contributed by atoms with Gasteiger partial charge in [0.05, 0.1) is 12.6 Å². The van der Waals surface area contributed by atoms with E-state index < -0.39 is 0 Å². The zero-order valence-electron chi connectivity index (χ0n) is 18.1. The van der Waals surface area contributed by atoms with E-state index in [0.29, 0.717) is 12.2 Å². The summed E-state index contributed by atoms with van der Waals surface area (Å²) >= 11 is 0. The number of benzene rings is 1. The van der Waals surface area contributed by atoms with Crippen LogP contribution in [-0.4, -0.2) is 58.4 Å². The van der Waals surface area contributed by atoms with E-state index in [-0.39, 0.29) is 24.3 Å². The third kappa shape index (κ3) is 6.87. The highest BCUT2D eigenvalue weighted by Crippen LogP contribution is 2.27. The maximum absolute atomic E-state index is 10.6. The van der Waals surface area contributed by atoms with Crippen LogP contribution in [0.3, 0.4) is 0 Å². The highest BCUT2D eigenvalue weighted by atomic mass is 16.3. The fourth-order valence-corrected chi connectivity index (χ4v) is 3.40. The number of phenols is 1. The van der Waals surface area contributed by atoms with Gasteiger partial charge >= 0.3 is 0 Å². The number of nitrogen functional groups attached to an aromatic ring is 1. The number of aryl methyl sites for hydroxylation is 2. The molecule has 1 aromatic heterocycles. The van der Waals surface area contributed by atoms with Crippen molar-refractivity contribution in [3.63, 3.8) is 0 Å². The lowest BCUT2D eigenvalue weighted by Crippen LogP contribution is -2.25. The number of aromatic nitrogens is 2. The molecular formula is C22H35N5O2. The Kier molecular flexibility index (Phi) is 8.67. The minimum absolute atomic E-state index is 0.0170. The van der Waals surface area contributed by atoms with Gasteiger partial charge < -0.3 is 26.2 Å². The molecule has 1 heterocycles. The Hall–Kier alpha value is -2.38. The van der Waals surface area contributed by atoms with Crippen molar-refractivity contribution < 1.29 is 10.2 Å². The second kappa shape index (κ2) is 11.0. The first-order valence-corrected chi connectivity index (χ1v) is 10.3. The topological polar surface area (TPSA) is 108 Å². The number of nitrogens with two attached hydrogens (primary N) is 1. The second-order valence-electron chi connectivity index (χ2n) is 7.85. The van der Waals surface area contributed by atoms with Crippen LogP contribution in [0.4, 0.5) is 11.8 Å². The van der Waals surface area contributed by atoms with Gasteiger partial charge in [0.1, 0.15) is 11.6 Å². The highest BCUT2D eigenvalue weighted by Gasteiger charge is 2.16. The fourth-order valence-electron chi connectivity index (χ4n) is 3.40. The normalized spacial score (nSPS) is 12.3. The van der Waals surface area contributed by atoms with Crippen LogP contribution < -0.4 is 11.1 Å². The van der Waals surface area contributed by atoms with Gasteiger partial charge in [-0.2, -0.15) is 4.98 Å². The van der Waals surface area contributed by atoms with Gasteiger partial charge in [0.2, 0.25) is 5.95 Å². The van der Waals surface area contributed by atoms with Gasteiger partial charge in [-0.3, -0.25) is 0 Å². The van der Waals surface area contributed by atoms with E-state index in [4.69, 9.17) is 5.73 Å². The third-order valence-corrected chi connectivity index (χ3v) is 5.02. The van der Waals surface area contributed by atoms with E-state index in [9.17, 15) is 10.2 Å². The average Bonchev–Trinajstić information content (AvgIpc) is 2.65. The van der Waals surface area contributed by atoms with Crippen molar-refractivity contribution in [2.24, 2.45) is 0 Å². The monoisotopic (exact) mass is 401 g/mol. The molecule has 0 bridgehead atoms. The van der Waals surface area contributed by atoms with Crippen molar-refractivity contribution in [1.82, 2.24) is 14.9 Å². The molecule has 7 heteroatoms. The van der Waals surface area contributed by atoms with Crippen molar-refractivity contribution in [1.29, 1.82) is 0 Å². The number of nitrogens with one attached hydrogen (secondary N) is 1. The molecule has 0 saturated carbocycles. The summed E-state index contributed by atoms with van der Waals surface area (Å²) in [5.74, 6) is 1.10. The summed E-state index contributed by atoms with van der Waals surface area (Å²) in [5, 5.41) is 23.5. The number of phenolic OH excluding ortho intramolecular Hbond substituents is 1. The molecule has 0 spiro atoms. The van der Waals surface area contributed by atoms with Crippen LogP contribution in [0.5, 0.6) is 5.75 Å². The number of nitrogens with zero attached hydrogens (tertiary/aromatic N) is 3. The zero-order chi connectivity index (χ0) is 21.4. The van der Waals surface area contributed by atoms with Gasteiger partial charge in [0.25, 0.3) is 0 Å². The maximum atomic E-state index is 10.6. The van der Waals surface area contributed by atoms with Crippen molar-refractivity contribution in [2.45, 2.75) is 52.0 Å². The van der Waals surface area contributed by atoms with Crippen molar-refractivity contribution in [2.75, 3.05) is 38.3 Å². The highest BCUT2D eigenvalue weighted by molar-refractivity contribution is 5.53. The number of hydrogen-bond donors (Lipinski definition) is 4. The van der Waals surface area contributed by atoms with E-state index in [1.165, 1.54) is 0 Å². The molecule has 2 aromatic rings. The smallest absolute Gasteiger partial charge is 0.222 e. The standard InChI is InChI=1S/C22H35N5O2/c1-5-7-18(14-28)25-21-19(15(2)24-22(23)26-21)13-17-10-9-16(12-20(17)29)8-6-11-27(3)4/h9-10,12,18,28-29H,5-8,11,13-14H2,1-4H3,(H3,23,24,25,26)/t18-/m0/s1. The van der Waals surface area contributed by atoms with Gasteiger partial charge in [-0.05, 0) is 64.0 Å². The molecule has 160 valence electrons. The molecule has 1 aromatic carbocycles. The van der Waals surface area contributed by atoms with E-state index in [1.54, 1.807) is 0 Å². The SMILES string of the molecule is CCC[C@@H](CO)Nc1nc(N)nc(C)c1Cc1ccc(CCCN(C)C)cc1O. The average molecular weight is 402 g/mol. The van der Waals surface area contributed by atoms with Gasteiger partial charge in [0, 0.05) is 17.7 Å². The molecular weight excluding hydrogens is 366 g/mol. The quantitative estimate of drug-likeness (QED) is 0.458. The van der Waals surface area contributed by atoms with Crippen LogP contribution in [-0.2, 0) is 12.8 Å². The molecule has 0 aliphatic heterocycles. The molecule has 0 aliphatic carbocycles. The third-order valence-electron chi connectivity index (χ3n) is 5.02. The molecule has 2 rings (SSSR count). The number of anilines is 2. The Balaban J connectivity index is 2.22. The summed E-state index contributed by atoms with van der Waals surface area (Å²) in [5.41, 5.74) is 9.44. The van der Waals surface area contributed by atoms with Gasteiger partial charge in [0.15, 0.2) is 0 Å². The molecule has 0 aliphatic rings. The van der Waals surface area contributed by atoms with E-state index in [1.807, 2.05) is 19.1 Å². The van der Waals surface area contributed by atoms with Crippen molar-refractivity contribution >= 4 is 11.8 Å². The number of aliphatic hydroxyl groups excluding tert-OH is 1. The van der Waals surface area contributed by atoms with Gasteiger partial charge in [-0.15, -0.1) is 0 Å². The van der Waals surface area contributed by atoms with Crippen molar-refractivity contribution in [3.05, 3.63) is 40.6 Å². The molecule has 0 saturated heterocycles. The van der Waals surface area contributed by atoms with Crippen LogP contribution in [0.25, 0.3) is 0 Å². The Morgan fingerprint density at radius 3 is 2.62 bits per heavy atom. The summed E-state index contributed by atoms with van der Waals surface area (Å²) in [4.78, 5) is 10.8. The van der Waals surface area contributed by atoms with E-state index in [0.717, 1.165) is 54.6 Å². The Morgan fingerprint density at radius 2 is 2.00 bits per heavy atom. The number of aliphatic hydroxyl groups is 1. The first-order chi connectivity index (χ1) is 13.8. The van der Waals surface area contributed by atoms with E-state index >= 15 is 0 Å². The van der Waals surface area contributed by atoms with Crippen LogP contribution >= 0.6 is 0 Å². The van der Waals surface area contributed by atoms with Crippen LogP contribution in [0, 0.1) is 6.92 Å². The summed E-state index contributed by atoms with van der Waals surface area (Å²) < 4.78 is 0. The number of rotatable bonds is 11. The molecule has 5 N–H and O–H groups in total. The Bertz CT molecular complexity index is 795. The molecule has 0 radical (unpaired) electrons. The predicted octanol–water partition coefficient (Wildman–Crippen LogP) is 2.73. The maximum Gasteiger partial charge on any atom is 0.222 e. The predicted molar refractivity (Wildman–Crippen MR) is 118 cm³/mol. The molecule has 29 heavy (non-hydrogen) atoms.